The summed E-state index contributed by atoms with van der Waals surface area (Å²) in [6.45, 7) is 0. The van der Waals surface area contributed by atoms with Crippen LogP contribution in [-0.4, -0.2) is 17.3 Å². The minimum absolute atomic E-state index is 0.0543. The molecule has 0 fully saturated rings. The number of benzene rings is 2. The average Bonchev–Trinajstić information content (AvgIpc) is 2.54. The van der Waals surface area contributed by atoms with Crippen LogP contribution in [0.5, 0.6) is 5.75 Å². The topological polar surface area (TPSA) is 51.2 Å². The third kappa shape index (κ3) is 4.47. The molecular formula is C18H13F3N2O2. The second-order valence-electron chi connectivity index (χ2n) is 5.29. The zero-order valence-electron chi connectivity index (χ0n) is 12.9. The maximum atomic E-state index is 12.3. The number of pyridine rings is 1. The Morgan fingerprint density at radius 2 is 1.84 bits per heavy atom. The first-order valence-electron chi connectivity index (χ1n) is 7.39. The van der Waals surface area contributed by atoms with Crippen LogP contribution in [0.2, 0.25) is 0 Å². The second kappa shape index (κ2) is 6.80. The van der Waals surface area contributed by atoms with Crippen molar-refractivity contribution in [3.05, 3.63) is 66.4 Å². The van der Waals surface area contributed by atoms with E-state index in [1.165, 1.54) is 12.1 Å². The lowest BCUT2D eigenvalue weighted by Crippen LogP contribution is -2.18. The maximum absolute atomic E-state index is 12.3. The molecule has 0 saturated heterocycles. The second-order valence-corrected chi connectivity index (χ2v) is 5.29. The van der Waals surface area contributed by atoms with Crippen molar-refractivity contribution in [2.75, 3.05) is 5.32 Å². The Bertz CT molecular complexity index is 905. The summed E-state index contributed by atoms with van der Waals surface area (Å²) in [5.74, 6) is -0.751. The fourth-order valence-electron chi connectivity index (χ4n) is 2.46. The van der Waals surface area contributed by atoms with Gasteiger partial charge in [0.25, 0.3) is 0 Å². The summed E-state index contributed by atoms with van der Waals surface area (Å²) in [5.41, 5.74) is 1.67. The first kappa shape index (κ1) is 16.8. The largest absolute Gasteiger partial charge is 0.573 e. The molecule has 0 aliphatic rings. The lowest BCUT2D eigenvalue weighted by Gasteiger charge is -2.11. The number of para-hydroxylation sites is 1. The molecule has 0 bridgehead atoms. The van der Waals surface area contributed by atoms with Crippen LogP contribution in [0.4, 0.5) is 18.9 Å². The van der Waals surface area contributed by atoms with E-state index in [4.69, 9.17) is 0 Å². The summed E-state index contributed by atoms with van der Waals surface area (Å²) in [4.78, 5) is 16.5. The molecule has 3 aromatic rings. The molecule has 0 spiro atoms. The SMILES string of the molecule is O=C(Cc1cccc2cccnc12)Nc1cccc(OC(F)(F)F)c1. The number of carbonyl (C=O) groups excluding carboxylic acids is 1. The zero-order chi connectivity index (χ0) is 17.9. The van der Waals surface area contributed by atoms with Crippen molar-refractivity contribution in [2.45, 2.75) is 12.8 Å². The number of carbonyl (C=O) groups is 1. The highest BCUT2D eigenvalue weighted by Gasteiger charge is 2.31. The summed E-state index contributed by atoms with van der Waals surface area (Å²) >= 11 is 0. The average molecular weight is 346 g/mol. The van der Waals surface area contributed by atoms with Crippen molar-refractivity contribution in [1.82, 2.24) is 4.98 Å². The van der Waals surface area contributed by atoms with Crippen LogP contribution in [0.15, 0.2) is 60.8 Å². The lowest BCUT2D eigenvalue weighted by molar-refractivity contribution is -0.274. The summed E-state index contributed by atoms with van der Waals surface area (Å²) in [7, 11) is 0. The normalized spacial score (nSPS) is 11.3. The quantitative estimate of drug-likeness (QED) is 0.766. The molecule has 25 heavy (non-hydrogen) atoms. The van der Waals surface area contributed by atoms with Crippen molar-refractivity contribution in [2.24, 2.45) is 0 Å². The number of amides is 1. The molecule has 0 atom stereocenters. The third-order valence-electron chi connectivity index (χ3n) is 3.42. The van der Waals surface area contributed by atoms with Crippen molar-refractivity contribution >= 4 is 22.5 Å². The number of anilines is 1. The Morgan fingerprint density at radius 3 is 2.64 bits per heavy atom. The van der Waals surface area contributed by atoms with Crippen LogP contribution in [0.1, 0.15) is 5.56 Å². The van der Waals surface area contributed by atoms with Crippen LogP contribution < -0.4 is 10.1 Å². The van der Waals surface area contributed by atoms with Gasteiger partial charge in [0, 0.05) is 23.3 Å². The van der Waals surface area contributed by atoms with Gasteiger partial charge in [0.05, 0.1) is 11.9 Å². The van der Waals surface area contributed by atoms with Gasteiger partial charge in [-0.25, -0.2) is 0 Å². The van der Waals surface area contributed by atoms with Crippen LogP contribution in [0.3, 0.4) is 0 Å². The Balaban J connectivity index is 1.73. The van der Waals surface area contributed by atoms with Gasteiger partial charge in [0.15, 0.2) is 0 Å². The molecule has 1 N–H and O–H groups in total. The molecular weight excluding hydrogens is 333 g/mol. The standard InChI is InChI=1S/C18H13F3N2O2/c19-18(20,21)25-15-8-2-7-14(11-15)23-16(24)10-13-5-1-4-12-6-3-9-22-17(12)13/h1-9,11H,10H2,(H,23,24). The number of hydrogen-bond donors (Lipinski definition) is 1. The van der Waals surface area contributed by atoms with E-state index >= 15 is 0 Å². The molecule has 0 aliphatic heterocycles. The number of hydrogen-bond acceptors (Lipinski definition) is 3. The number of halogens is 3. The fourth-order valence-corrected chi connectivity index (χ4v) is 2.46. The molecule has 3 rings (SSSR count). The van der Waals surface area contributed by atoms with Gasteiger partial charge in [-0.2, -0.15) is 0 Å². The van der Waals surface area contributed by atoms with E-state index in [9.17, 15) is 18.0 Å². The molecule has 0 aliphatic carbocycles. The summed E-state index contributed by atoms with van der Waals surface area (Å²) in [6.07, 6.45) is -3.09. The summed E-state index contributed by atoms with van der Waals surface area (Å²) in [5, 5.41) is 3.48. The van der Waals surface area contributed by atoms with Gasteiger partial charge in [-0.3, -0.25) is 9.78 Å². The molecule has 1 heterocycles. The van der Waals surface area contributed by atoms with Gasteiger partial charge in [-0.15, -0.1) is 13.2 Å². The van der Waals surface area contributed by atoms with Crippen LogP contribution in [0.25, 0.3) is 10.9 Å². The van der Waals surface area contributed by atoms with Gasteiger partial charge >= 0.3 is 6.36 Å². The van der Waals surface area contributed by atoms with Gasteiger partial charge in [-0.1, -0.05) is 30.3 Å². The number of alkyl halides is 3. The Labute approximate surface area is 141 Å². The van der Waals surface area contributed by atoms with Crippen molar-refractivity contribution in [1.29, 1.82) is 0 Å². The van der Waals surface area contributed by atoms with E-state index in [1.807, 2.05) is 18.2 Å². The number of aromatic nitrogens is 1. The maximum Gasteiger partial charge on any atom is 0.573 e. The predicted molar refractivity (Wildman–Crippen MR) is 87.2 cm³/mol. The van der Waals surface area contributed by atoms with Crippen LogP contribution >= 0.6 is 0 Å². The molecule has 1 aromatic heterocycles. The number of nitrogens with one attached hydrogen (secondary N) is 1. The highest BCUT2D eigenvalue weighted by molar-refractivity contribution is 5.95. The van der Waals surface area contributed by atoms with Gasteiger partial charge < -0.3 is 10.1 Å². The Hall–Kier alpha value is -3.09. The molecule has 7 heteroatoms. The van der Waals surface area contributed by atoms with Gasteiger partial charge in [0.1, 0.15) is 5.75 Å². The number of rotatable bonds is 4. The predicted octanol–water partition coefficient (Wildman–Crippen LogP) is 4.31. The molecule has 0 radical (unpaired) electrons. The van der Waals surface area contributed by atoms with E-state index in [0.717, 1.165) is 23.1 Å². The monoisotopic (exact) mass is 346 g/mol. The number of fused-ring (bicyclic) bond motifs is 1. The highest BCUT2D eigenvalue weighted by atomic mass is 19.4. The van der Waals surface area contributed by atoms with E-state index in [2.05, 4.69) is 15.0 Å². The number of nitrogens with zero attached hydrogens (tertiary/aromatic N) is 1. The van der Waals surface area contributed by atoms with Crippen LogP contribution in [0, 0.1) is 0 Å². The third-order valence-corrected chi connectivity index (χ3v) is 3.42. The molecule has 0 unspecified atom stereocenters. The molecule has 2 aromatic carbocycles. The summed E-state index contributed by atoms with van der Waals surface area (Å²) in [6, 6.07) is 14.3. The molecule has 0 saturated carbocycles. The summed E-state index contributed by atoms with van der Waals surface area (Å²) < 4.78 is 40.6. The first-order chi connectivity index (χ1) is 11.9. The van der Waals surface area contributed by atoms with Crippen molar-refractivity contribution in [3.63, 3.8) is 0 Å². The Kier molecular flexibility index (Phi) is 4.56. The zero-order valence-corrected chi connectivity index (χ0v) is 12.9. The van der Waals surface area contributed by atoms with Crippen LogP contribution in [-0.2, 0) is 11.2 Å². The van der Waals surface area contributed by atoms with E-state index in [0.29, 0.717) is 5.52 Å². The van der Waals surface area contributed by atoms with Gasteiger partial charge in [0.2, 0.25) is 5.91 Å². The number of ether oxygens (including phenoxy) is 1. The lowest BCUT2D eigenvalue weighted by atomic mass is 10.1. The highest BCUT2D eigenvalue weighted by Crippen LogP contribution is 2.25. The van der Waals surface area contributed by atoms with E-state index in [1.54, 1.807) is 18.3 Å². The Morgan fingerprint density at radius 1 is 1.08 bits per heavy atom. The minimum atomic E-state index is -4.78. The van der Waals surface area contributed by atoms with E-state index in [-0.39, 0.29) is 18.0 Å². The van der Waals surface area contributed by atoms with Crippen molar-refractivity contribution < 1.29 is 22.7 Å². The smallest absolute Gasteiger partial charge is 0.406 e. The fraction of sp³-hybridized carbons (Fsp3) is 0.111. The van der Waals surface area contributed by atoms with E-state index < -0.39 is 12.1 Å². The minimum Gasteiger partial charge on any atom is -0.406 e. The first-order valence-corrected chi connectivity index (χ1v) is 7.39. The molecule has 1 amide bonds. The van der Waals surface area contributed by atoms with Crippen molar-refractivity contribution in [3.8, 4) is 5.75 Å². The molecule has 128 valence electrons. The molecule has 4 nitrogen and oxygen atoms in total. The van der Waals surface area contributed by atoms with Gasteiger partial charge in [-0.05, 0) is 23.8 Å².